The number of halogens is 2. The molecule has 1 heterocycles. The first-order valence-electron chi connectivity index (χ1n) is 3.29. The van der Waals surface area contributed by atoms with Gasteiger partial charge in [-0.15, -0.1) is 11.6 Å². The van der Waals surface area contributed by atoms with Gasteiger partial charge in [0, 0.05) is 19.0 Å². The van der Waals surface area contributed by atoms with E-state index >= 15 is 0 Å². The Morgan fingerprint density at radius 1 is 1.56 bits per heavy atom. The largest absolute Gasteiger partial charge is 0.220 e. The van der Waals surface area contributed by atoms with Gasteiger partial charge in [0.25, 0.3) is 0 Å². The Hall–Kier alpha value is 0.540. The van der Waals surface area contributed by atoms with E-state index in [0.717, 1.165) is 31.3 Å². The van der Waals surface area contributed by atoms with E-state index in [0.29, 0.717) is 0 Å². The van der Waals surface area contributed by atoms with E-state index < -0.39 is 0 Å². The van der Waals surface area contributed by atoms with E-state index in [4.69, 9.17) is 23.4 Å². The smallest absolute Gasteiger partial charge is 0.0226 e. The summed E-state index contributed by atoms with van der Waals surface area (Å²) in [6.07, 6.45) is 2.33. The van der Waals surface area contributed by atoms with Gasteiger partial charge in [-0.2, -0.15) is 0 Å². The molecule has 0 radical (unpaired) electrons. The maximum atomic E-state index is 5.73. The summed E-state index contributed by atoms with van der Waals surface area (Å²) in [5.74, 6) is 1.52. The number of hydrogen-bond acceptors (Lipinski definition) is 1. The number of nitrogens with zero attached hydrogens (tertiary/aromatic N) is 1. The average Bonchev–Trinajstić information content (AvgIpc) is 2.17. The van der Waals surface area contributed by atoms with E-state index in [9.17, 15) is 0 Å². The number of alkyl halides is 1. The molecule has 1 fully saturated rings. The molecule has 0 aromatic heterocycles. The van der Waals surface area contributed by atoms with E-state index in [1.807, 2.05) is 4.42 Å². The molecule has 0 bridgehead atoms. The molecule has 0 N–H and O–H groups in total. The molecule has 1 rings (SSSR count). The van der Waals surface area contributed by atoms with Gasteiger partial charge in [-0.3, -0.25) is 0 Å². The number of hydrogen-bond donors (Lipinski definition) is 0. The van der Waals surface area contributed by atoms with Crippen LogP contribution < -0.4 is 0 Å². The van der Waals surface area contributed by atoms with Crippen LogP contribution in [0.1, 0.15) is 12.8 Å². The monoisotopic (exact) mass is 167 g/mol. The van der Waals surface area contributed by atoms with Crippen molar-refractivity contribution in [2.45, 2.75) is 12.8 Å². The van der Waals surface area contributed by atoms with Gasteiger partial charge in [-0.05, 0) is 30.5 Å². The maximum absolute atomic E-state index is 5.73. The molecule has 1 aliphatic rings. The maximum Gasteiger partial charge on any atom is 0.0226 e. The summed E-state index contributed by atoms with van der Waals surface area (Å²) in [7, 11) is 0. The minimum atomic E-state index is 0.750. The lowest BCUT2D eigenvalue weighted by Gasteiger charge is -2.04. The molecule has 1 aliphatic heterocycles. The molecule has 0 saturated carbocycles. The summed E-state index contributed by atoms with van der Waals surface area (Å²) in [5.41, 5.74) is 0. The summed E-state index contributed by atoms with van der Waals surface area (Å²) in [6, 6.07) is 0. The topological polar surface area (TPSA) is 3.24 Å². The van der Waals surface area contributed by atoms with Crippen LogP contribution in [0, 0.1) is 5.92 Å². The first-order valence-corrected chi connectivity index (χ1v) is 4.17. The molecule has 1 nitrogen and oxygen atoms in total. The fourth-order valence-electron chi connectivity index (χ4n) is 1.18. The second-order valence-electron chi connectivity index (χ2n) is 2.50. The van der Waals surface area contributed by atoms with Crippen LogP contribution in [0.25, 0.3) is 0 Å². The summed E-state index contributed by atoms with van der Waals surface area (Å²) in [5, 5.41) is 0. The third-order valence-corrected chi connectivity index (χ3v) is 2.28. The van der Waals surface area contributed by atoms with Crippen molar-refractivity contribution in [1.29, 1.82) is 0 Å². The lowest BCUT2D eigenvalue weighted by Crippen LogP contribution is -2.07. The van der Waals surface area contributed by atoms with Crippen molar-refractivity contribution in [3.05, 3.63) is 0 Å². The van der Waals surface area contributed by atoms with Crippen LogP contribution in [0.2, 0.25) is 0 Å². The standard InChI is InChI=1S/C6H11Cl2N/c7-3-1-6-2-4-9(8)5-6/h6H,1-5H2. The fourth-order valence-corrected chi connectivity index (χ4v) is 1.78. The zero-order chi connectivity index (χ0) is 6.69. The van der Waals surface area contributed by atoms with Crippen LogP contribution >= 0.6 is 23.4 Å². The number of rotatable bonds is 2. The van der Waals surface area contributed by atoms with Crippen molar-refractivity contribution in [3.63, 3.8) is 0 Å². The zero-order valence-electron chi connectivity index (χ0n) is 5.32. The molecule has 0 aromatic carbocycles. The Labute approximate surface area is 66.0 Å². The predicted molar refractivity (Wildman–Crippen MR) is 40.9 cm³/mol. The molecule has 54 valence electrons. The quantitative estimate of drug-likeness (QED) is 0.450. The molecular formula is C6H11Cl2N. The Bertz CT molecular complexity index is 85.1. The van der Waals surface area contributed by atoms with Crippen LogP contribution in [0.5, 0.6) is 0 Å². The molecule has 9 heavy (non-hydrogen) atoms. The lowest BCUT2D eigenvalue weighted by atomic mass is 10.1. The van der Waals surface area contributed by atoms with Crippen molar-refractivity contribution in [2.24, 2.45) is 5.92 Å². The fraction of sp³-hybridized carbons (Fsp3) is 1.00. The van der Waals surface area contributed by atoms with Gasteiger partial charge in [0.15, 0.2) is 0 Å². The third kappa shape index (κ3) is 2.32. The van der Waals surface area contributed by atoms with Crippen LogP contribution in [0.3, 0.4) is 0 Å². The first-order chi connectivity index (χ1) is 4.33. The predicted octanol–water partition coefficient (Wildman–Crippen LogP) is 2.09. The highest BCUT2D eigenvalue weighted by molar-refractivity contribution is 6.17. The van der Waals surface area contributed by atoms with E-state index in [1.165, 1.54) is 6.42 Å². The minimum absolute atomic E-state index is 0.750. The van der Waals surface area contributed by atoms with Gasteiger partial charge in [-0.1, -0.05) is 0 Å². The van der Waals surface area contributed by atoms with E-state index in [-0.39, 0.29) is 0 Å². The van der Waals surface area contributed by atoms with Gasteiger partial charge < -0.3 is 0 Å². The lowest BCUT2D eigenvalue weighted by molar-refractivity contribution is 0.502. The average molecular weight is 168 g/mol. The Kier molecular flexibility index (Phi) is 3.10. The highest BCUT2D eigenvalue weighted by Crippen LogP contribution is 2.20. The van der Waals surface area contributed by atoms with Crippen molar-refractivity contribution >= 4 is 23.4 Å². The molecule has 0 amide bonds. The van der Waals surface area contributed by atoms with E-state index in [1.54, 1.807) is 0 Å². The van der Waals surface area contributed by atoms with Crippen LogP contribution in [-0.4, -0.2) is 23.4 Å². The molecule has 0 aromatic rings. The summed E-state index contributed by atoms with van der Waals surface area (Å²) >= 11 is 11.3. The van der Waals surface area contributed by atoms with Crippen LogP contribution in [-0.2, 0) is 0 Å². The minimum Gasteiger partial charge on any atom is -0.220 e. The van der Waals surface area contributed by atoms with Gasteiger partial charge in [0.1, 0.15) is 0 Å². The summed E-state index contributed by atoms with van der Waals surface area (Å²) in [4.78, 5) is 0. The second kappa shape index (κ2) is 3.65. The molecular weight excluding hydrogens is 157 g/mol. The van der Waals surface area contributed by atoms with Crippen molar-refractivity contribution in [3.8, 4) is 0 Å². The van der Waals surface area contributed by atoms with Crippen molar-refractivity contribution < 1.29 is 0 Å². The molecule has 1 unspecified atom stereocenters. The Morgan fingerprint density at radius 3 is 2.78 bits per heavy atom. The second-order valence-corrected chi connectivity index (χ2v) is 3.36. The Morgan fingerprint density at radius 2 is 2.33 bits per heavy atom. The SMILES string of the molecule is ClCCC1CCN(Cl)C1. The van der Waals surface area contributed by atoms with Gasteiger partial charge >= 0.3 is 0 Å². The zero-order valence-corrected chi connectivity index (χ0v) is 6.83. The van der Waals surface area contributed by atoms with Crippen LogP contribution in [0.15, 0.2) is 0 Å². The molecule has 0 spiro atoms. The van der Waals surface area contributed by atoms with Crippen molar-refractivity contribution in [1.82, 2.24) is 4.42 Å². The highest BCUT2D eigenvalue weighted by Gasteiger charge is 2.19. The Balaban J connectivity index is 2.14. The molecule has 3 heteroatoms. The summed E-state index contributed by atoms with van der Waals surface area (Å²) in [6.45, 7) is 2.05. The van der Waals surface area contributed by atoms with Crippen molar-refractivity contribution in [2.75, 3.05) is 19.0 Å². The third-order valence-electron chi connectivity index (χ3n) is 1.75. The van der Waals surface area contributed by atoms with E-state index in [2.05, 4.69) is 0 Å². The normalized spacial score (nSPS) is 29.3. The molecule has 0 aliphatic carbocycles. The van der Waals surface area contributed by atoms with Gasteiger partial charge in [-0.25, -0.2) is 4.42 Å². The van der Waals surface area contributed by atoms with Gasteiger partial charge in [0.2, 0.25) is 0 Å². The molecule has 1 atom stereocenters. The van der Waals surface area contributed by atoms with Gasteiger partial charge in [0.05, 0.1) is 0 Å². The summed E-state index contributed by atoms with van der Waals surface area (Å²) < 4.78 is 1.84. The molecule has 1 saturated heterocycles. The first kappa shape index (κ1) is 7.64. The van der Waals surface area contributed by atoms with Crippen LogP contribution in [0.4, 0.5) is 0 Å². The highest BCUT2D eigenvalue weighted by atomic mass is 35.5.